The normalized spacial score (nSPS) is 15.9. The molecule has 6 nitrogen and oxygen atoms in total. The van der Waals surface area contributed by atoms with Gasteiger partial charge in [-0.05, 0) is 44.0 Å². The van der Waals surface area contributed by atoms with Gasteiger partial charge in [0.25, 0.3) is 5.91 Å². The number of likely N-dealkylation sites (tertiary alicyclic amines) is 1. The number of aryl methyl sites for hydroxylation is 1. The Morgan fingerprint density at radius 2 is 1.73 bits per heavy atom. The summed E-state index contributed by atoms with van der Waals surface area (Å²) in [6.07, 6.45) is 10.3. The summed E-state index contributed by atoms with van der Waals surface area (Å²) in [7, 11) is 0. The zero-order valence-corrected chi connectivity index (χ0v) is 18.6. The Bertz CT molecular complexity index is 1270. The van der Waals surface area contributed by atoms with Crippen LogP contribution in [0.25, 0.3) is 22.4 Å². The minimum atomic E-state index is 0.000684. The van der Waals surface area contributed by atoms with Crippen LogP contribution in [-0.2, 0) is 0 Å². The van der Waals surface area contributed by atoms with E-state index in [4.69, 9.17) is 4.98 Å². The minimum absolute atomic E-state index is 0.000684. The van der Waals surface area contributed by atoms with Crippen LogP contribution >= 0.6 is 0 Å². The molecular weight excluding hydrogens is 410 g/mol. The summed E-state index contributed by atoms with van der Waals surface area (Å²) in [4.78, 5) is 32.6. The Labute approximate surface area is 193 Å². The van der Waals surface area contributed by atoms with Gasteiger partial charge in [0.2, 0.25) is 0 Å². The van der Waals surface area contributed by atoms with Gasteiger partial charge >= 0.3 is 0 Å². The van der Waals surface area contributed by atoms with Gasteiger partial charge in [-0.15, -0.1) is 0 Å². The first kappa shape index (κ1) is 20.9. The van der Waals surface area contributed by atoms with Crippen LogP contribution in [-0.4, -0.2) is 43.8 Å². The fourth-order valence-electron chi connectivity index (χ4n) is 4.39. The van der Waals surface area contributed by atoms with Crippen LogP contribution in [0.5, 0.6) is 0 Å². The highest BCUT2D eigenvalue weighted by Crippen LogP contribution is 2.29. The zero-order chi connectivity index (χ0) is 22.6. The van der Waals surface area contributed by atoms with Crippen LogP contribution in [0, 0.1) is 6.92 Å². The minimum Gasteiger partial charge on any atom is -0.338 e. The predicted molar refractivity (Wildman–Crippen MR) is 128 cm³/mol. The maximum Gasteiger partial charge on any atom is 0.255 e. The highest BCUT2D eigenvalue weighted by atomic mass is 16.2. The van der Waals surface area contributed by atoms with Crippen molar-refractivity contribution in [2.75, 3.05) is 13.1 Å². The smallest absolute Gasteiger partial charge is 0.255 e. The lowest BCUT2D eigenvalue weighted by atomic mass is 9.93. The van der Waals surface area contributed by atoms with Crippen LogP contribution in [0.15, 0.2) is 79.6 Å². The number of piperidine rings is 1. The molecular formula is C27H25N5O. The van der Waals surface area contributed by atoms with Gasteiger partial charge in [-0.2, -0.15) is 0 Å². The van der Waals surface area contributed by atoms with Gasteiger partial charge in [0.1, 0.15) is 6.33 Å². The molecule has 0 unspecified atom stereocenters. The van der Waals surface area contributed by atoms with Crippen molar-refractivity contribution in [3.8, 4) is 22.4 Å². The third-order valence-electron chi connectivity index (χ3n) is 6.09. The number of benzene rings is 1. The summed E-state index contributed by atoms with van der Waals surface area (Å²) in [6.45, 7) is 3.49. The van der Waals surface area contributed by atoms with Crippen molar-refractivity contribution in [2.24, 2.45) is 0 Å². The number of aromatic nitrogens is 4. The van der Waals surface area contributed by atoms with Crippen molar-refractivity contribution >= 4 is 5.91 Å². The van der Waals surface area contributed by atoms with E-state index in [1.54, 1.807) is 24.8 Å². The fraction of sp³-hybridized carbons (Fsp3) is 0.222. The van der Waals surface area contributed by atoms with E-state index in [0.29, 0.717) is 12.1 Å². The maximum absolute atomic E-state index is 13.3. The van der Waals surface area contributed by atoms with Crippen LogP contribution < -0.4 is 0 Å². The zero-order valence-electron chi connectivity index (χ0n) is 18.6. The first-order valence-corrected chi connectivity index (χ1v) is 11.2. The Kier molecular flexibility index (Phi) is 5.89. The molecule has 0 aliphatic carbocycles. The molecule has 4 heterocycles. The monoisotopic (exact) mass is 435 g/mol. The predicted octanol–water partition coefficient (Wildman–Crippen LogP) is 4.93. The lowest BCUT2D eigenvalue weighted by molar-refractivity contribution is 0.0705. The number of hydrogen-bond donors (Lipinski definition) is 0. The number of nitrogens with zero attached hydrogens (tertiary/aromatic N) is 5. The number of carbonyl (C=O) groups is 1. The summed E-state index contributed by atoms with van der Waals surface area (Å²) in [5.74, 6) is 0.215. The van der Waals surface area contributed by atoms with Crippen molar-refractivity contribution in [1.29, 1.82) is 0 Å². The van der Waals surface area contributed by atoms with Gasteiger partial charge < -0.3 is 4.90 Å². The summed E-state index contributed by atoms with van der Waals surface area (Å²) >= 11 is 0. The van der Waals surface area contributed by atoms with Crippen molar-refractivity contribution in [2.45, 2.75) is 25.7 Å². The number of pyridine rings is 2. The molecule has 0 spiro atoms. The molecule has 0 bridgehead atoms. The molecule has 1 atom stereocenters. The van der Waals surface area contributed by atoms with Gasteiger partial charge in [0.15, 0.2) is 0 Å². The van der Waals surface area contributed by atoms with Gasteiger partial charge in [-0.1, -0.05) is 29.8 Å². The molecule has 4 aromatic rings. The molecule has 33 heavy (non-hydrogen) atoms. The molecule has 1 aromatic carbocycles. The number of carbonyl (C=O) groups excluding carboxylic acids is 1. The van der Waals surface area contributed by atoms with E-state index in [1.165, 1.54) is 11.9 Å². The highest BCUT2D eigenvalue weighted by molar-refractivity contribution is 5.95. The molecule has 1 aliphatic rings. The van der Waals surface area contributed by atoms with E-state index in [1.807, 2.05) is 11.0 Å². The number of hydrogen-bond acceptors (Lipinski definition) is 5. The molecule has 0 N–H and O–H groups in total. The molecule has 164 valence electrons. The standard InChI is InChI=1S/C27H25N5O/c1-19-5-2-6-20(11-19)25-8-3-9-26(31-25)21-7-4-10-32(17-21)27(33)23-12-22(13-28-14-23)24-15-29-18-30-16-24/h2-3,5-6,8-9,11-16,18,21H,4,7,10,17H2,1H3/t21-/m0/s1. The summed E-state index contributed by atoms with van der Waals surface area (Å²) < 4.78 is 0. The van der Waals surface area contributed by atoms with Crippen LogP contribution in [0.3, 0.4) is 0 Å². The largest absolute Gasteiger partial charge is 0.338 e. The first-order chi connectivity index (χ1) is 16.2. The quantitative estimate of drug-likeness (QED) is 0.455. The SMILES string of the molecule is Cc1cccc(-c2cccc([C@H]3CCCN(C(=O)c4cncc(-c5cncnc5)c4)C3)n2)c1. The van der Waals surface area contributed by atoms with Crippen molar-refractivity contribution in [3.63, 3.8) is 0 Å². The maximum atomic E-state index is 13.3. The van der Waals surface area contributed by atoms with Crippen molar-refractivity contribution in [1.82, 2.24) is 24.8 Å². The molecule has 6 heteroatoms. The van der Waals surface area contributed by atoms with Gasteiger partial charge in [0.05, 0.1) is 11.3 Å². The second kappa shape index (κ2) is 9.28. The van der Waals surface area contributed by atoms with Gasteiger partial charge in [0, 0.05) is 66.2 Å². The number of amides is 1. The van der Waals surface area contributed by atoms with Crippen LogP contribution in [0.1, 0.15) is 40.4 Å². The second-order valence-electron chi connectivity index (χ2n) is 8.50. The third kappa shape index (κ3) is 4.65. The fourth-order valence-corrected chi connectivity index (χ4v) is 4.39. The van der Waals surface area contributed by atoms with Crippen molar-refractivity contribution in [3.05, 3.63) is 96.5 Å². The summed E-state index contributed by atoms with van der Waals surface area (Å²) in [5, 5.41) is 0. The van der Waals surface area contributed by atoms with E-state index >= 15 is 0 Å². The molecule has 1 aliphatic heterocycles. The lowest BCUT2D eigenvalue weighted by Gasteiger charge is -2.32. The molecule has 5 rings (SSSR count). The Morgan fingerprint density at radius 1 is 0.909 bits per heavy atom. The van der Waals surface area contributed by atoms with Crippen LogP contribution in [0.4, 0.5) is 0 Å². The Morgan fingerprint density at radius 3 is 2.58 bits per heavy atom. The molecule has 0 radical (unpaired) electrons. The first-order valence-electron chi connectivity index (χ1n) is 11.2. The van der Waals surface area contributed by atoms with E-state index < -0.39 is 0 Å². The topological polar surface area (TPSA) is 71.9 Å². The summed E-state index contributed by atoms with van der Waals surface area (Å²) in [6, 6.07) is 16.5. The van der Waals surface area contributed by atoms with E-state index in [0.717, 1.165) is 47.5 Å². The second-order valence-corrected chi connectivity index (χ2v) is 8.50. The molecule has 1 amide bonds. The average Bonchev–Trinajstić information content (AvgIpc) is 2.89. The van der Waals surface area contributed by atoms with E-state index in [-0.39, 0.29) is 11.8 Å². The highest BCUT2D eigenvalue weighted by Gasteiger charge is 2.27. The van der Waals surface area contributed by atoms with Gasteiger partial charge in [-0.25, -0.2) is 9.97 Å². The molecule has 0 saturated carbocycles. The Hall–Kier alpha value is -3.93. The lowest BCUT2D eigenvalue weighted by Crippen LogP contribution is -2.39. The molecule has 1 fully saturated rings. The van der Waals surface area contributed by atoms with Gasteiger partial charge in [-0.3, -0.25) is 14.8 Å². The molecule has 1 saturated heterocycles. The van der Waals surface area contributed by atoms with E-state index in [9.17, 15) is 4.79 Å². The third-order valence-corrected chi connectivity index (χ3v) is 6.09. The number of rotatable bonds is 4. The van der Waals surface area contributed by atoms with Crippen molar-refractivity contribution < 1.29 is 4.79 Å². The molecule has 3 aromatic heterocycles. The van der Waals surface area contributed by atoms with E-state index in [2.05, 4.69) is 64.3 Å². The summed E-state index contributed by atoms with van der Waals surface area (Å²) in [5.41, 5.74) is 6.61. The van der Waals surface area contributed by atoms with Crippen LogP contribution in [0.2, 0.25) is 0 Å². The Balaban J connectivity index is 1.35. The average molecular weight is 436 g/mol.